The normalized spacial score (nSPS) is 21.8. The molecule has 2 aromatic carbocycles. The van der Waals surface area contributed by atoms with Gasteiger partial charge in [0, 0.05) is 61.2 Å². The van der Waals surface area contributed by atoms with Gasteiger partial charge in [-0.15, -0.1) is 0 Å². The summed E-state index contributed by atoms with van der Waals surface area (Å²) in [6.45, 7) is 8.57. The maximum atomic E-state index is 13.4. The molecule has 14 heteroatoms. The Hall–Kier alpha value is -3.91. The molecule has 4 saturated heterocycles. The van der Waals surface area contributed by atoms with E-state index < -0.39 is 0 Å². The van der Waals surface area contributed by atoms with Crippen molar-refractivity contribution in [2.45, 2.75) is 79.7 Å². The lowest BCUT2D eigenvalue weighted by Crippen LogP contribution is -2.48. The lowest BCUT2D eigenvalue weighted by atomic mass is 9.90. The van der Waals surface area contributed by atoms with Crippen molar-refractivity contribution in [3.05, 3.63) is 59.2 Å². The Morgan fingerprint density at radius 3 is 2.38 bits per heavy atom. The molecule has 4 fully saturated rings. The minimum atomic E-state index is -0.254. The van der Waals surface area contributed by atoms with Gasteiger partial charge in [-0.1, -0.05) is 41.6 Å². The number of carbonyl (C=O) groups excluding carboxylic acids is 3. The lowest BCUT2D eigenvalue weighted by molar-refractivity contribution is -0.134. The van der Waals surface area contributed by atoms with E-state index in [0.717, 1.165) is 101 Å². The number of rotatable bonds is 9. The molecule has 1 aromatic heterocycles. The first-order valence-electron chi connectivity index (χ1n) is 18.9. The molecule has 6 N–H and O–H groups in total. The fraction of sp³-hybridized carbons (Fsp3) is 0.513. The topological polar surface area (TPSA) is 163 Å². The molecule has 4 aliphatic rings. The van der Waals surface area contributed by atoms with E-state index in [-0.39, 0.29) is 35.1 Å². The second-order valence-corrected chi connectivity index (χ2v) is 16.8. The van der Waals surface area contributed by atoms with E-state index >= 15 is 0 Å². The van der Waals surface area contributed by atoms with Gasteiger partial charge in [-0.2, -0.15) is 0 Å². The van der Waals surface area contributed by atoms with E-state index in [1.165, 1.54) is 17.4 Å². The van der Waals surface area contributed by atoms with Crippen molar-refractivity contribution in [3.8, 4) is 0 Å². The summed E-state index contributed by atoms with van der Waals surface area (Å²) >= 11 is 8.16. The van der Waals surface area contributed by atoms with E-state index in [0.29, 0.717) is 40.3 Å². The summed E-state index contributed by atoms with van der Waals surface area (Å²) in [6, 6.07) is 13.9. The standard InChI is InChI=1S/C39H50ClN9O3S/c1-39(42)15-21-49(22-16-39)32-23-43-38(35(41)45-32)53-31-4-2-3-30(34(31)40)44-36(51)27-13-17-47(18-14-27)24-25-11-19-48(20-12-25)28-7-5-26(6-8-28)29-9-10-33(50)46-37(29)52/h2-8,23,25,27,29H,9-22,24,42H2,1H3,(H2,41,45)(H,44,51)(H,46,50,52). The highest BCUT2D eigenvalue weighted by molar-refractivity contribution is 7.99. The molecule has 282 valence electrons. The molecule has 1 atom stereocenters. The molecule has 4 aliphatic heterocycles. The first-order chi connectivity index (χ1) is 25.5. The molecule has 7 rings (SSSR count). The number of likely N-dealkylation sites (tertiary alicyclic amines) is 1. The number of nitrogens with zero attached hydrogens (tertiary/aromatic N) is 5. The molecule has 3 amide bonds. The van der Waals surface area contributed by atoms with Crippen LogP contribution in [0.25, 0.3) is 0 Å². The highest BCUT2D eigenvalue weighted by Gasteiger charge is 2.31. The molecule has 1 unspecified atom stereocenters. The molecule has 0 saturated carbocycles. The largest absolute Gasteiger partial charge is 0.381 e. The second kappa shape index (κ2) is 16.2. The Bertz CT molecular complexity index is 1800. The number of hydrogen-bond donors (Lipinski definition) is 4. The molecule has 3 aromatic rings. The van der Waals surface area contributed by atoms with Crippen LogP contribution in [-0.4, -0.2) is 83.9 Å². The summed E-state index contributed by atoms with van der Waals surface area (Å²) in [4.78, 5) is 54.3. The van der Waals surface area contributed by atoms with Gasteiger partial charge in [0.25, 0.3) is 0 Å². The van der Waals surface area contributed by atoms with Crippen LogP contribution in [0, 0.1) is 11.8 Å². The Morgan fingerprint density at radius 1 is 0.981 bits per heavy atom. The van der Waals surface area contributed by atoms with Crippen LogP contribution in [0.5, 0.6) is 0 Å². The number of benzene rings is 2. The molecule has 0 bridgehead atoms. The summed E-state index contributed by atoms with van der Waals surface area (Å²) in [5.74, 6) is 1.02. The van der Waals surface area contributed by atoms with E-state index in [1.54, 1.807) is 6.20 Å². The average Bonchev–Trinajstić information content (AvgIpc) is 3.15. The van der Waals surface area contributed by atoms with Gasteiger partial charge in [-0.05, 0) is 101 Å². The Kier molecular flexibility index (Phi) is 11.4. The van der Waals surface area contributed by atoms with Crippen LogP contribution in [0.1, 0.15) is 69.8 Å². The van der Waals surface area contributed by atoms with Gasteiger partial charge >= 0.3 is 0 Å². The first-order valence-corrected chi connectivity index (χ1v) is 20.1. The van der Waals surface area contributed by atoms with Crippen molar-refractivity contribution in [3.63, 3.8) is 0 Å². The molecular weight excluding hydrogens is 710 g/mol. The zero-order valence-electron chi connectivity index (χ0n) is 30.4. The van der Waals surface area contributed by atoms with E-state index in [2.05, 4.69) is 54.4 Å². The SMILES string of the molecule is CC1(N)CCN(c2cnc(Sc3cccc(NC(=O)C4CCN(CC5CCN(c6ccc(C7CCC(=O)NC7=O)cc6)CC5)CC4)c3Cl)c(N)n2)CC1. The molecule has 12 nitrogen and oxygen atoms in total. The number of aromatic nitrogens is 2. The van der Waals surface area contributed by atoms with Gasteiger partial charge in [0.05, 0.1) is 22.8 Å². The third-order valence-electron chi connectivity index (χ3n) is 11.4. The summed E-state index contributed by atoms with van der Waals surface area (Å²) in [7, 11) is 0. The number of amides is 3. The molecular formula is C39H50ClN9O3S. The molecule has 0 radical (unpaired) electrons. The molecule has 5 heterocycles. The quantitative estimate of drug-likeness (QED) is 0.210. The maximum Gasteiger partial charge on any atom is 0.234 e. The highest BCUT2D eigenvalue weighted by Crippen LogP contribution is 2.39. The average molecular weight is 760 g/mol. The Morgan fingerprint density at radius 2 is 1.70 bits per heavy atom. The third-order valence-corrected chi connectivity index (χ3v) is 13.0. The lowest BCUT2D eigenvalue weighted by Gasteiger charge is -2.38. The van der Waals surface area contributed by atoms with Crippen LogP contribution < -0.4 is 31.9 Å². The van der Waals surface area contributed by atoms with Crippen LogP contribution in [0.3, 0.4) is 0 Å². The van der Waals surface area contributed by atoms with Gasteiger partial charge < -0.3 is 31.5 Å². The van der Waals surface area contributed by atoms with Crippen molar-refractivity contribution < 1.29 is 14.4 Å². The van der Waals surface area contributed by atoms with Gasteiger partial charge in [-0.3, -0.25) is 19.7 Å². The van der Waals surface area contributed by atoms with E-state index in [4.69, 9.17) is 23.1 Å². The summed E-state index contributed by atoms with van der Waals surface area (Å²) in [5, 5.41) is 6.58. The number of hydrogen-bond acceptors (Lipinski definition) is 11. The number of piperidine rings is 4. The third kappa shape index (κ3) is 9.08. The number of halogens is 1. The van der Waals surface area contributed by atoms with Crippen molar-refractivity contribution in [2.75, 3.05) is 66.7 Å². The Balaban J connectivity index is 0.851. The molecule has 0 aliphatic carbocycles. The van der Waals surface area contributed by atoms with Gasteiger partial charge in [0.1, 0.15) is 10.8 Å². The van der Waals surface area contributed by atoms with Gasteiger partial charge in [0.2, 0.25) is 17.7 Å². The zero-order chi connectivity index (χ0) is 37.1. The number of nitrogens with two attached hydrogens (primary N) is 2. The molecule has 0 spiro atoms. The van der Waals surface area contributed by atoms with Gasteiger partial charge in [-0.25, -0.2) is 9.97 Å². The van der Waals surface area contributed by atoms with Crippen LogP contribution in [0.2, 0.25) is 5.02 Å². The smallest absolute Gasteiger partial charge is 0.234 e. The second-order valence-electron chi connectivity index (χ2n) is 15.4. The van der Waals surface area contributed by atoms with E-state index in [9.17, 15) is 14.4 Å². The zero-order valence-corrected chi connectivity index (χ0v) is 31.9. The van der Waals surface area contributed by atoms with Crippen molar-refractivity contribution in [2.24, 2.45) is 17.6 Å². The Labute approximate surface area is 320 Å². The summed E-state index contributed by atoms with van der Waals surface area (Å²) in [5.41, 5.74) is 15.2. The number of anilines is 4. The van der Waals surface area contributed by atoms with Crippen LogP contribution in [0.15, 0.2) is 58.6 Å². The molecule has 53 heavy (non-hydrogen) atoms. The van der Waals surface area contributed by atoms with Gasteiger partial charge in [0.15, 0.2) is 5.82 Å². The maximum absolute atomic E-state index is 13.4. The fourth-order valence-corrected chi connectivity index (χ4v) is 9.03. The predicted octanol–water partition coefficient (Wildman–Crippen LogP) is 5.27. The van der Waals surface area contributed by atoms with Crippen LogP contribution in [0.4, 0.5) is 23.0 Å². The van der Waals surface area contributed by atoms with Crippen molar-refractivity contribution in [1.82, 2.24) is 20.2 Å². The van der Waals surface area contributed by atoms with E-state index in [1.807, 2.05) is 30.3 Å². The van der Waals surface area contributed by atoms with Crippen molar-refractivity contribution in [1.29, 1.82) is 0 Å². The van der Waals surface area contributed by atoms with Crippen LogP contribution >= 0.6 is 23.4 Å². The predicted molar refractivity (Wildman–Crippen MR) is 210 cm³/mol. The first kappa shape index (κ1) is 37.4. The van der Waals surface area contributed by atoms with Crippen molar-refractivity contribution >= 4 is 64.1 Å². The fourth-order valence-electron chi connectivity index (χ4n) is 7.93. The van der Waals surface area contributed by atoms with Crippen LogP contribution in [-0.2, 0) is 14.4 Å². The number of carbonyl (C=O) groups is 3. The minimum Gasteiger partial charge on any atom is -0.381 e. The monoisotopic (exact) mass is 759 g/mol. The highest BCUT2D eigenvalue weighted by atomic mass is 35.5. The number of imide groups is 1. The number of nitrogen functional groups attached to an aromatic ring is 1. The summed E-state index contributed by atoms with van der Waals surface area (Å²) < 4.78 is 0. The summed E-state index contributed by atoms with van der Waals surface area (Å²) in [6.07, 6.45) is 8.35. The minimum absolute atomic E-state index is 0.00407. The number of nitrogens with one attached hydrogen (secondary N) is 2.